The van der Waals surface area contributed by atoms with Crippen LogP contribution in [-0.4, -0.2) is 30.1 Å². The van der Waals surface area contributed by atoms with Gasteiger partial charge in [0.05, 0.1) is 6.33 Å². The van der Waals surface area contributed by atoms with E-state index in [1.807, 2.05) is 24.3 Å². The summed E-state index contributed by atoms with van der Waals surface area (Å²) in [7, 11) is 0. The Hall–Kier alpha value is -3.29. The van der Waals surface area contributed by atoms with E-state index >= 15 is 0 Å². The van der Waals surface area contributed by atoms with Gasteiger partial charge < -0.3 is 14.8 Å². The zero-order valence-corrected chi connectivity index (χ0v) is 13.7. The van der Waals surface area contributed by atoms with Crippen LogP contribution < -0.4 is 5.32 Å². The van der Waals surface area contributed by atoms with Gasteiger partial charge in [-0.15, -0.1) is 0 Å². The van der Waals surface area contributed by atoms with Crippen molar-refractivity contribution in [2.24, 2.45) is 0 Å². The molecule has 0 aliphatic heterocycles. The Morgan fingerprint density at radius 3 is 3.08 bits per heavy atom. The van der Waals surface area contributed by atoms with Crippen LogP contribution >= 0.6 is 0 Å². The molecule has 0 atom stereocenters. The van der Waals surface area contributed by atoms with E-state index in [0.717, 1.165) is 41.1 Å². The molecule has 126 valence electrons. The molecule has 2 N–H and O–H groups in total. The van der Waals surface area contributed by atoms with Crippen molar-refractivity contribution in [1.82, 2.24) is 30.1 Å². The molecule has 0 bridgehead atoms. The number of hydrogen-bond acceptors (Lipinski definition) is 7. The maximum absolute atomic E-state index is 5.35. The minimum atomic E-state index is 0.545. The predicted molar refractivity (Wildman–Crippen MR) is 92.7 cm³/mol. The van der Waals surface area contributed by atoms with Gasteiger partial charge in [0.2, 0.25) is 0 Å². The molecule has 8 nitrogen and oxygen atoms in total. The average molecular weight is 335 g/mol. The van der Waals surface area contributed by atoms with E-state index in [0.29, 0.717) is 18.1 Å². The quantitative estimate of drug-likeness (QED) is 0.558. The van der Waals surface area contributed by atoms with Crippen molar-refractivity contribution in [3.05, 3.63) is 48.3 Å². The minimum Gasteiger partial charge on any atom is -0.364 e. The van der Waals surface area contributed by atoms with Gasteiger partial charge in [-0.2, -0.15) is 4.98 Å². The Bertz CT molecular complexity index is 991. The number of benzene rings is 1. The predicted octanol–water partition coefficient (Wildman–Crippen LogP) is 2.97. The molecule has 0 aliphatic carbocycles. The third kappa shape index (κ3) is 3.18. The number of hydrogen-bond donors (Lipinski definition) is 2. The number of H-pyrrole nitrogens is 1. The summed E-state index contributed by atoms with van der Waals surface area (Å²) in [5, 5.41) is 7.31. The molecule has 0 saturated carbocycles. The molecular weight excluding hydrogens is 318 g/mol. The van der Waals surface area contributed by atoms with Crippen molar-refractivity contribution in [1.29, 1.82) is 0 Å². The Labute approximate surface area is 143 Å². The Balaban J connectivity index is 1.52. The number of anilines is 1. The van der Waals surface area contributed by atoms with E-state index in [4.69, 9.17) is 4.52 Å². The molecule has 4 rings (SSSR count). The van der Waals surface area contributed by atoms with Crippen molar-refractivity contribution in [3.63, 3.8) is 0 Å². The number of aromatic amines is 1. The molecule has 0 spiro atoms. The summed E-state index contributed by atoms with van der Waals surface area (Å²) in [5.41, 5.74) is 3.42. The smallest absolute Gasteiger partial charge is 0.257 e. The van der Waals surface area contributed by atoms with E-state index in [1.165, 1.54) is 6.33 Å². The van der Waals surface area contributed by atoms with Crippen LogP contribution in [0.5, 0.6) is 0 Å². The number of aromatic nitrogens is 6. The summed E-state index contributed by atoms with van der Waals surface area (Å²) < 4.78 is 5.35. The van der Waals surface area contributed by atoms with E-state index in [9.17, 15) is 0 Å². The van der Waals surface area contributed by atoms with Crippen LogP contribution in [0.3, 0.4) is 0 Å². The molecule has 25 heavy (non-hydrogen) atoms. The molecule has 0 unspecified atom stereocenters. The lowest BCUT2D eigenvalue weighted by atomic mass is 10.1. The van der Waals surface area contributed by atoms with Gasteiger partial charge in [0.15, 0.2) is 17.3 Å². The number of fused-ring (bicyclic) bond motifs is 1. The fourth-order valence-electron chi connectivity index (χ4n) is 2.60. The van der Waals surface area contributed by atoms with E-state index in [-0.39, 0.29) is 0 Å². The van der Waals surface area contributed by atoms with Crippen LogP contribution in [0.25, 0.3) is 22.6 Å². The molecule has 0 saturated heterocycles. The zero-order valence-electron chi connectivity index (χ0n) is 13.7. The SMILES string of the molecule is CCCc1noc(-c2cccc(CNc3ncnc4nc[nH]c34)c2)n1. The number of nitrogens with zero attached hydrogens (tertiary/aromatic N) is 5. The van der Waals surface area contributed by atoms with Crippen LogP contribution in [0.1, 0.15) is 24.7 Å². The molecule has 0 fully saturated rings. The van der Waals surface area contributed by atoms with Crippen molar-refractivity contribution in [2.45, 2.75) is 26.3 Å². The Morgan fingerprint density at radius 1 is 1.20 bits per heavy atom. The Morgan fingerprint density at radius 2 is 2.16 bits per heavy atom. The highest BCUT2D eigenvalue weighted by Gasteiger charge is 2.09. The van der Waals surface area contributed by atoms with Crippen LogP contribution in [-0.2, 0) is 13.0 Å². The summed E-state index contributed by atoms with van der Waals surface area (Å²) in [4.78, 5) is 20.0. The van der Waals surface area contributed by atoms with Crippen LogP contribution in [0.4, 0.5) is 5.82 Å². The van der Waals surface area contributed by atoms with Crippen LogP contribution in [0.15, 0.2) is 41.4 Å². The summed E-state index contributed by atoms with van der Waals surface area (Å²) >= 11 is 0. The lowest BCUT2D eigenvalue weighted by Crippen LogP contribution is -2.02. The van der Waals surface area contributed by atoms with E-state index in [1.54, 1.807) is 6.33 Å². The average Bonchev–Trinajstić information content (AvgIpc) is 3.30. The molecule has 8 heteroatoms. The van der Waals surface area contributed by atoms with Gasteiger partial charge in [-0.3, -0.25) is 0 Å². The first-order valence-corrected chi connectivity index (χ1v) is 8.13. The number of imidazole rings is 1. The highest BCUT2D eigenvalue weighted by molar-refractivity contribution is 5.81. The molecule has 0 aliphatic rings. The normalized spacial score (nSPS) is 11.1. The van der Waals surface area contributed by atoms with Crippen molar-refractivity contribution >= 4 is 17.0 Å². The van der Waals surface area contributed by atoms with E-state index < -0.39 is 0 Å². The fraction of sp³-hybridized carbons (Fsp3) is 0.235. The standard InChI is InChI=1S/C17H17N7O/c1-2-4-13-23-17(25-24-13)12-6-3-5-11(7-12)8-18-15-14-16(20-9-19-14)22-10-21-15/h3,5-7,9-10H,2,4,8H2,1H3,(H2,18,19,20,21,22). The molecule has 0 radical (unpaired) electrons. The molecule has 4 aromatic rings. The summed E-state index contributed by atoms with van der Waals surface area (Å²) in [5.74, 6) is 2.00. The van der Waals surface area contributed by atoms with Crippen molar-refractivity contribution in [3.8, 4) is 11.5 Å². The second-order valence-corrected chi connectivity index (χ2v) is 5.64. The fourth-order valence-corrected chi connectivity index (χ4v) is 2.60. The van der Waals surface area contributed by atoms with Gasteiger partial charge in [-0.05, 0) is 24.1 Å². The number of aryl methyl sites for hydroxylation is 1. The van der Waals surface area contributed by atoms with Crippen LogP contribution in [0, 0.1) is 0 Å². The van der Waals surface area contributed by atoms with Gasteiger partial charge in [-0.1, -0.05) is 24.2 Å². The first-order chi connectivity index (χ1) is 12.3. The van der Waals surface area contributed by atoms with Crippen molar-refractivity contribution in [2.75, 3.05) is 5.32 Å². The molecule has 1 aromatic carbocycles. The number of nitrogens with one attached hydrogen (secondary N) is 2. The minimum absolute atomic E-state index is 0.545. The Kier molecular flexibility index (Phi) is 4.07. The second-order valence-electron chi connectivity index (χ2n) is 5.64. The third-order valence-corrected chi connectivity index (χ3v) is 3.80. The lowest BCUT2D eigenvalue weighted by molar-refractivity contribution is 0.422. The summed E-state index contributed by atoms with van der Waals surface area (Å²) in [6.07, 6.45) is 4.91. The lowest BCUT2D eigenvalue weighted by Gasteiger charge is -2.06. The molecule has 3 heterocycles. The monoisotopic (exact) mass is 335 g/mol. The topological polar surface area (TPSA) is 105 Å². The first-order valence-electron chi connectivity index (χ1n) is 8.13. The van der Waals surface area contributed by atoms with Gasteiger partial charge >= 0.3 is 0 Å². The maximum atomic E-state index is 5.35. The first kappa shape index (κ1) is 15.3. The summed E-state index contributed by atoms with van der Waals surface area (Å²) in [6.45, 7) is 2.70. The highest BCUT2D eigenvalue weighted by atomic mass is 16.5. The van der Waals surface area contributed by atoms with E-state index in [2.05, 4.69) is 42.3 Å². The van der Waals surface area contributed by atoms with Gasteiger partial charge in [0.25, 0.3) is 5.89 Å². The molecular formula is C17H17N7O. The molecule has 3 aromatic heterocycles. The second kappa shape index (κ2) is 6.68. The van der Waals surface area contributed by atoms with Crippen LogP contribution in [0.2, 0.25) is 0 Å². The maximum Gasteiger partial charge on any atom is 0.257 e. The molecule has 0 amide bonds. The summed E-state index contributed by atoms with van der Waals surface area (Å²) in [6, 6.07) is 8.00. The largest absolute Gasteiger partial charge is 0.364 e. The van der Waals surface area contributed by atoms with Gasteiger partial charge in [-0.25, -0.2) is 15.0 Å². The highest BCUT2D eigenvalue weighted by Crippen LogP contribution is 2.20. The third-order valence-electron chi connectivity index (χ3n) is 3.80. The van der Waals surface area contributed by atoms with Crippen molar-refractivity contribution < 1.29 is 4.52 Å². The number of rotatable bonds is 6. The van der Waals surface area contributed by atoms with Gasteiger partial charge in [0.1, 0.15) is 11.8 Å². The zero-order chi connectivity index (χ0) is 17.1. The van der Waals surface area contributed by atoms with Gasteiger partial charge in [0, 0.05) is 18.5 Å².